The van der Waals surface area contributed by atoms with Crippen LogP contribution in [0.4, 0.5) is 0 Å². The van der Waals surface area contributed by atoms with Gasteiger partial charge in [-0.2, -0.15) is 0 Å². The molecular weight excluding hydrogens is 418 g/mol. The number of fused-ring (bicyclic) bond motifs is 1. The van der Waals surface area contributed by atoms with Crippen LogP contribution in [-0.4, -0.2) is 53.8 Å². The van der Waals surface area contributed by atoms with Crippen molar-refractivity contribution in [3.63, 3.8) is 0 Å². The molecule has 6 nitrogen and oxygen atoms in total. The number of rotatable bonds is 6. The Hall–Kier alpha value is -2.12. The molecule has 31 heavy (non-hydrogen) atoms. The van der Waals surface area contributed by atoms with Crippen LogP contribution in [0.3, 0.4) is 0 Å². The number of Topliss-reactive ketones (excluding diaryl/α,β-unsaturated/α-hetero) is 1. The maximum Gasteiger partial charge on any atom is 0.197 e. The number of carbonyl (C=O) groups excluding carboxylic acids is 1. The molecule has 4 rings (SSSR count). The van der Waals surface area contributed by atoms with Crippen molar-refractivity contribution in [1.82, 2.24) is 4.90 Å². The second-order valence-corrected chi connectivity index (χ2v) is 8.36. The Bertz CT molecular complexity index is 914. The highest BCUT2D eigenvalue weighted by Crippen LogP contribution is 2.47. The van der Waals surface area contributed by atoms with Crippen molar-refractivity contribution in [3.8, 4) is 11.5 Å². The van der Waals surface area contributed by atoms with E-state index >= 15 is 0 Å². The Kier molecular flexibility index (Phi) is 7.27. The number of halogens is 1. The van der Waals surface area contributed by atoms with Crippen LogP contribution in [0.5, 0.6) is 11.5 Å². The summed E-state index contributed by atoms with van der Waals surface area (Å²) in [6.07, 6.45) is 0.768. The highest BCUT2D eigenvalue weighted by molar-refractivity contribution is 6.08. The van der Waals surface area contributed by atoms with Gasteiger partial charge in [0.15, 0.2) is 22.9 Å². The maximum absolute atomic E-state index is 13.1. The third-order valence-corrected chi connectivity index (χ3v) is 6.50. The molecule has 0 bridgehead atoms. The van der Waals surface area contributed by atoms with E-state index in [1.165, 1.54) is 19.8 Å². The molecule has 2 N–H and O–H groups in total. The number of piperidine rings is 1. The molecule has 2 aromatic carbocycles. The Morgan fingerprint density at radius 3 is 2.29 bits per heavy atom. The van der Waals surface area contributed by atoms with Crippen molar-refractivity contribution in [2.75, 3.05) is 27.3 Å². The van der Waals surface area contributed by atoms with Gasteiger partial charge in [-0.3, -0.25) is 9.69 Å². The van der Waals surface area contributed by atoms with Gasteiger partial charge in [0.1, 0.15) is 6.10 Å². The summed E-state index contributed by atoms with van der Waals surface area (Å²) in [5, 5.41) is 22.1. The Balaban J connectivity index is 0.00000272. The Morgan fingerprint density at radius 2 is 1.68 bits per heavy atom. The van der Waals surface area contributed by atoms with E-state index in [1.54, 1.807) is 12.1 Å². The number of carbonyl (C=O) groups is 1. The van der Waals surface area contributed by atoms with Gasteiger partial charge in [-0.25, -0.2) is 0 Å². The van der Waals surface area contributed by atoms with E-state index in [1.807, 2.05) is 18.2 Å². The van der Waals surface area contributed by atoms with E-state index in [0.717, 1.165) is 32.5 Å². The van der Waals surface area contributed by atoms with Gasteiger partial charge >= 0.3 is 0 Å². The van der Waals surface area contributed by atoms with Gasteiger partial charge in [0.05, 0.1) is 14.2 Å². The molecule has 1 saturated heterocycles. The summed E-state index contributed by atoms with van der Waals surface area (Å²) in [7, 11) is 3.00. The molecule has 2 unspecified atom stereocenters. The average molecular weight is 448 g/mol. The number of aliphatic hydroxyl groups is 2. The van der Waals surface area contributed by atoms with Gasteiger partial charge in [0, 0.05) is 12.1 Å². The SMILES string of the molecule is COc1cc2c(cc1OC)C(O)C(O)(CC1CCN(Cc3ccccc3)CC1)C2=O.Cl. The molecule has 1 heterocycles. The first kappa shape index (κ1) is 23.5. The van der Waals surface area contributed by atoms with Crippen molar-refractivity contribution in [2.45, 2.75) is 37.5 Å². The van der Waals surface area contributed by atoms with Crippen LogP contribution in [0.2, 0.25) is 0 Å². The van der Waals surface area contributed by atoms with Crippen molar-refractivity contribution in [3.05, 3.63) is 59.2 Å². The number of hydrogen-bond donors (Lipinski definition) is 2. The summed E-state index contributed by atoms with van der Waals surface area (Å²) in [5.74, 6) is 0.591. The number of ether oxygens (including phenoxy) is 2. The average Bonchev–Trinajstić information content (AvgIpc) is 2.95. The lowest BCUT2D eigenvalue weighted by molar-refractivity contribution is -0.0613. The van der Waals surface area contributed by atoms with E-state index in [2.05, 4.69) is 17.0 Å². The summed E-state index contributed by atoms with van der Waals surface area (Å²) >= 11 is 0. The van der Waals surface area contributed by atoms with E-state index in [-0.39, 0.29) is 24.7 Å². The summed E-state index contributed by atoms with van der Waals surface area (Å²) in [6, 6.07) is 13.5. The normalized spacial score (nSPS) is 23.9. The van der Waals surface area contributed by atoms with Crippen molar-refractivity contribution in [1.29, 1.82) is 0 Å². The molecule has 7 heteroatoms. The minimum atomic E-state index is -1.80. The van der Waals surface area contributed by atoms with Crippen LogP contribution < -0.4 is 9.47 Å². The molecular formula is C24H30ClNO5. The van der Waals surface area contributed by atoms with Crippen molar-refractivity contribution < 1.29 is 24.5 Å². The lowest BCUT2D eigenvalue weighted by Gasteiger charge is -2.36. The summed E-state index contributed by atoms with van der Waals surface area (Å²) in [4.78, 5) is 15.5. The lowest BCUT2D eigenvalue weighted by Crippen LogP contribution is -2.43. The van der Waals surface area contributed by atoms with E-state index in [9.17, 15) is 15.0 Å². The molecule has 0 saturated carbocycles. The molecule has 0 aromatic heterocycles. The number of hydrogen-bond acceptors (Lipinski definition) is 6. The monoisotopic (exact) mass is 447 g/mol. The fourth-order valence-corrected chi connectivity index (χ4v) is 4.77. The van der Waals surface area contributed by atoms with E-state index in [0.29, 0.717) is 22.6 Å². The molecule has 2 aromatic rings. The number of methoxy groups -OCH3 is 2. The van der Waals surface area contributed by atoms with Crippen LogP contribution in [0.1, 0.15) is 46.9 Å². The number of aliphatic hydroxyl groups excluding tert-OH is 1. The summed E-state index contributed by atoms with van der Waals surface area (Å²) < 4.78 is 10.6. The zero-order chi connectivity index (χ0) is 21.3. The van der Waals surface area contributed by atoms with Crippen LogP contribution in [0.25, 0.3) is 0 Å². The number of likely N-dealkylation sites (tertiary alicyclic amines) is 1. The number of benzene rings is 2. The third kappa shape index (κ3) is 4.44. The van der Waals surface area contributed by atoms with Crippen LogP contribution in [0, 0.1) is 5.92 Å². The first-order chi connectivity index (χ1) is 14.5. The molecule has 0 amide bonds. The Morgan fingerprint density at radius 1 is 1.06 bits per heavy atom. The Labute approximate surface area is 189 Å². The molecule has 2 atom stereocenters. The van der Waals surface area contributed by atoms with Crippen LogP contribution in [0.15, 0.2) is 42.5 Å². The minimum Gasteiger partial charge on any atom is -0.493 e. The zero-order valence-corrected chi connectivity index (χ0v) is 18.7. The topological polar surface area (TPSA) is 79.2 Å². The molecule has 0 radical (unpaired) electrons. The van der Waals surface area contributed by atoms with Gasteiger partial charge in [0.25, 0.3) is 0 Å². The lowest BCUT2D eigenvalue weighted by atomic mass is 9.81. The highest BCUT2D eigenvalue weighted by Gasteiger charge is 2.53. The second kappa shape index (κ2) is 9.57. The van der Waals surface area contributed by atoms with Gasteiger partial charge in [0.2, 0.25) is 0 Å². The molecule has 1 aliphatic heterocycles. The standard InChI is InChI=1S/C24H29NO5.ClH/c1-29-20-12-18-19(13-21(20)30-2)23(27)24(28,22(18)26)14-16-8-10-25(11-9-16)15-17-6-4-3-5-7-17;/h3-7,12-13,16,22,26,28H,8-11,14-15H2,1-2H3;1H. The predicted octanol–water partition coefficient (Wildman–Crippen LogP) is 3.39. The number of nitrogens with zero attached hydrogens (tertiary/aromatic N) is 1. The van der Waals surface area contributed by atoms with E-state index < -0.39 is 17.5 Å². The minimum absolute atomic E-state index is 0. The van der Waals surface area contributed by atoms with Crippen LogP contribution in [-0.2, 0) is 6.54 Å². The molecule has 1 fully saturated rings. The first-order valence-corrected chi connectivity index (χ1v) is 10.4. The first-order valence-electron chi connectivity index (χ1n) is 10.4. The van der Waals surface area contributed by atoms with Gasteiger partial charge < -0.3 is 19.7 Å². The summed E-state index contributed by atoms with van der Waals surface area (Å²) in [5.41, 5.74) is 0.201. The fraction of sp³-hybridized carbons (Fsp3) is 0.458. The molecule has 168 valence electrons. The second-order valence-electron chi connectivity index (χ2n) is 8.36. The largest absolute Gasteiger partial charge is 0.493 e. The third-order valence-electron chi connectivity index (χ3n) is 6.50. The quantitative estimate of drug-likeness (QED) is 0.706. The van der Waals surface area contributed by atoms with Gasteiger partial charge in [-0.15, -0.1) is 12.4 Å². The van der Waals surface area contributed by atoms with Crippen molar-refractivity contribution in [2.24, 2.45) is 5.92 Å². The predicted molar refractivity (Wildman–Crippen MR) is 120 cm³/mol. The fourth-order valence-electron chi connectivity index (χ4n) is 4.77. The zero-order valence-electron chi connectivity index (χ0n) is 17.9. The smallest absolute Gasteiger partial charge is 0.197 e. The molecule has 2 aliphatic rings. The van der Waals surface area contributed by atoms with Crippen LogP contribution >= 0.6 is 12.4 Å². The number of ketones is 1. The van der Waals surface area contributed by atoms with Gasteiger partial charge in [-0.05, 0) is 61.5 Å². The molecule has 0 spiro atoms. The highest BCUT2D eigenvalue weighted by atomic mass is 35.5. The van der Waals surface area contributed by atoms with Crippen molar-refractivity contribution >= 4 is 18.2 Å². The molecule has 1 aliphatic carbocycles. The maximum atomic E-state index is 13.1. The summed E-state index contributed by atoms with van der Waals surface area (Å²) in [6.45, 7) is 2.73. The van der Waals surface area contributed by atoms with Gasteiger partial charge in [-0.1, -0.05) is 30.3 Å². The van der Waals surface area contributed by atoms with E-state index in [4.69, 9.17) is 9.47 Å².